The third-order valence-corrected chi connectivity index (χ3v) is 6.83. The van der Waals surface area contributed by atoms with Crippen LogP contribution in [0.25, 0.3) is 0 Å². The van der Waals surface area contributed by atoms with Crippen LogP contribution >= 0.6 is 0 Å². The van der Waals surface area contributed by atoms with Crippen molar-refractivity contribution in [2.24, 2.45) is 11.8 Å². The highest BCUT2D eigenvalue weighted by molar-refractivity contribution is 6.02. The van der Waals surface area contributed by atoms with Crippen LogP contribution in [0.15, 0.2) is 66.8 Å². The van der Waals surface area contributed by atoms with Crippen LogP contribution in [0.5, 0.6) is 11.5 Å². The zero-order chi connectivity index (χ0) is 25.9. The van der Waals surface area contributed by atoms with E-state index in [9.17, 15) is 9.59 Å². The smallest absolute Gasteiger partial charge is 0.328 e. The topological polar surface area (TPSA) is 76.1 Å². The molecule has 6 nitrogen and oxygen atoms in total. The van der Waals surface area contributed by atoms with Gasteiger partial charge in [0, 0.05) is 24.1 Å². The summed E-state index contributed by atoms with van der Waals surface area (Å²) < 4.78 is 10.8. The Hall–Kier alpha value is -3.38. The molecule has 0 radical (unpaired) electrons. The number of methoxy groups -OCH3 is 2. The fraction of sp³-hybridized carbons (Fsp3) is 0.400. The van der Waals surface area contributed by atoms with Crippen LogP contribution in [0.2, 0.25) is 0 Å². The Morgan fingerprint density at radius 1 is 1.06 bits per heavy atom. The summed E-state index contributed by atoms with van der Waals surface area (Å²) in [5.41, 5.74) is 3.31. The summed E-state index contributed by atoms with van der Waals surface area (Å²) in [4.78, 5) is 25.2. The average molecular weight is 492 g/mol. The number of ether oxygens (including phenoxy) is 2. The lowest BCUT2D eigenvalue weighted by Crippen LogP contribution is -2.34. The van der Waals surface area contributed by atoms with Crippen LogP contribution < -0.4 is 9.47 Å². The minimum atomic E-state index is -0.914. The number of nitrogens with zero attached hydrogens (tertiary/aromatic N) is 1. The summed E-state index contributed by atoms with van der Waals surface area (Å²) in [6.07, 6.45) is 10.2. The molecule has 1 aliphatic heterocycles. The molecule has 2 aromatic carbocycles. The molecule has 0 amide bonds. The Bertz CT molecular complexity index is 1070. The third-order valence-electron chi connectivity index (χ3n) is 6.83. The minimum Gasteiger partial charge on any atom is -0.493 e. The van der Waals surface area contributed by atoms with Crippen molar-refractivity contribution < 1.29 is 24.2 Å². The first kappa shape index (κ1) is 27.2. The number of rotatable bonds is 8. The van der Waals surface area contributed by atoms with E-state index in [2.05, 4.69) is 35.2 Å². The van der Waals surface area contributed by atoms with Crippen LogP contribution in [0, 0.1) is 11.8 Å². The number of carboxylic acid groups (broad SMARTS) is 1. The van der Waals surface area contributed by atoms with Crippen molar-refractivity contribution in [3.05, 3.63) is 83.5 Å². The van der Waals surface area contributed by atoms with Gasteiger partial charge < -0.3 is 14.6 Å². The van der Waals surface area contributed by atoms with Crippen molar-refractivity contribution in [2.45, 2.75) is 39.2 Å². The van der Waals surface area contributed by atoms with Crippen LogP contribution in [-0.2, 0) is 17.8 Å². The molecule has 0 bridgehead atoms. The van der Waals surface area contributed by atoms with Crippen LogP contribution in [0.3, 0.4) is 0 Å². The summed E-state index contributed by atoms with van der Waals surface area (Å²) in [5.74, 6) is 1.47. The summed E-state index contributed by atoms with van der Waals surface area (Å²) in [5, 5.41) is 8.02. The lowest BCUT2D eigenvalue weighted by molar-refractivity contribution is -0.131. The Morgan fingerprint density at radius 2 is 1.72 bits per heavy atom. The molecule has 1 heterocycles. The molecule has 192 valence electrons. The van der Waals surface area contributed by atoms with Gasteiger partial charge in [-0.2, -0.15) is 0 Å². The SMILES string of the molecule is CC=CC=CC(=O)O.COc1cc2c(cc1OC)C(=O)C(CC1CCN(Cc3ccccc3)CC1)C2. The average Bonchev–Trinajstić information content (AvgIpc) is 3.19. The Balaban J connectivity index is 0.000000392. The molecule has 2 aromatic rings. The molecule has 1 unspecified atom stereocenters. The van der Waals surface area contributed by atoms with Gasteiger partial charge in [-0.05, 0) is 74.9 Å². The van der Waals surface area contributed by atoms with E-state index in [1.165, 1.54) is 24.5 Å². The molecule has 1 N–H and O–H groups in total. The highest BCUT2D eigenvalue weighted by atomic mass is 16.5. The number of carbonyl (C=O) groups excluding carboxylic acids is 1. The number of hydrogen-bond donors (Lipinski definition) is 1. The van der Waals surface area contributed by atoms with E-state index in [1.54, 1.807) is 26.4 Å². The lowest BCUT2D eigenvalue weighted by atomic mass is 9.85. The molecule has 0 spiro atoms. The second-order valence-corrected chi connectivity index (χ2v) is 9.29. The van der Waals surface area contributed by atoms with Crippen molar-refractivity contribution in [1.82, 2.24) is 4.90 Å². The molecule has 36 heavy (non-hydrogen) atoms. The van der Waals surface area contributed by atoms with Crippen molar-refractivity contribution in [1.29, 1.82) is 0 Å². The van der Waals surface area contributed by atoms with Crippen LogP contribution in [0.4, 0.5) is 0 Å². The zero-order valence-corrected chi connectivity index (χ0v) is 21.5. The maximum absolute atomic E-state index is 12.9. The first-order valence-corrected chi connectivity index (χ1v) is 12.5. The van der Waals surface area contributed by atoms with Gasteiger partial charge in [0.15, 0.2) is 17.3 Å². The quantitative estimate of drug-likeness (QED) is 0.385. The van der Waals surface area contributed by atoms with Crippen LogP contribution in [-0.4, -0.2) is 49.1 Å². The number of benzene rings is 2. The molecule has 0 aromatic heterocycles. The van der Waals surface area contributed by atoms with Gasteiger partial charge in [-0.25, -0.2) is 4.79 Å². The molecular formula is C30H37NO5. The summed E-state index contributed by atoms with van der Waals surface area (Å²) >= 11 is 0. The molecule has 1 atom stereocenters. The number of aliphatic carboxylic acids is 1. The first-order valence-electron chi connectivity index (χ1n) is 12.5. The van der Waals surface area contributed by atoms with Crippen LogP contribution in [0.1, 0.15) is 47.7 Å². The third kappa shape index (κ3) is 7.56. The number of carboxylic acids is 1. The Kier molecular flexibility index (Phi) is 10.3. The van der Waals surface area contributed by atoms with Gasteiger partial charge in [0.05, 0.1) is 14.2 Å². The largest absolute Gasteiger partial charge is 0.493 e. The number of fused-ring (bicyclic) bond motifs is 1. The maximum Gasteiger partial charge on any atom is 0.328 e. The number of hydrogen-bond acceptors (Lipinski definition) is 5. The predicted octanol–water partition coefficient (Wildman–Crippen LogP) is 5.56. The molecule has 4 rings (SSSR count). The van der Waals surface area contributed by atoms with Crippen molar-refractivity contribution in [3.63, 3.8) is 0 Å². The Morgan fingerprint density at radius 3 is 2.33 bits per heavy atom. The molecule has 1 fully saturated rings. The normalized spacial score (nSPS) is 18.2. The number of carbonyl (C=O) groups is 2. The van der Waals surface area contributed by atoms with Gasteiger partial charge in [0.1, 0.15) is 0 Å². The second kappa shape index (κ2) is 13.6. The van der Waals surface area contributed by atoms with Gasteiger partial charge in [-0.3, -0.25) is 9.69 Å². The molecular weight excluding hydrogens is 454 g/mol. The molecule has 6 heteroatoms. The lowest BCUT2D eigenvalue weighted by Gasteiger charge is -2.32. The number of allylic oxidation sites excluding steroid dienone is 3. The fourth-order valence-electron chi connectivity index (χ4n) is 4.96. The van der Waals surface area contributed by atoms with Gasteiger partial charge in [-0.15, -0.1) is 0 Å². The minimum absolute atomic E-state index is 0.109. The Labute approximate surface area is 214 Å². The predicted molar refractivity (Wildman–Crippen MR) is 142 cm³/mol. The van der Waals surface area contributed by atoms with E-state index in [4.69, 9.17) is 14.6 Å². The van der Waals surface area contributed by atoms with E-state index in [0.29, 0.717) is 17.4 Å². The monoisotopic (exact) mass is 491 g/mol. The molecule has 1 saturated heterocycles. The zero-order valence-electron chi connectivity index (χ0n) is 21.5. The van der Waals surface area contributed by atoms with Gasteiger partial charge in [0.2, 0.25) is 0 Å². The fourth-order valence-corrected chi connectivity index (χ4v) is 4.96. The van der Waals surface area contributed by atoms with E-state index >= 15 is 0 Å². The van der Waals surface area contributed by atoms with Crippen molar-refractivity contribution in [3.8, 4) is 11.5 Å². The standard InChI is InChI=1S/C24H29NO3.C6H8O2/c1-27-22-14-19-13-20(24(26)21(19)15-23(22)28-2)12-17-8-10-25(11-9-17)16-18-6-4-3-5-7-18;1-2-3-4-5-6(7)8/h3-7,14-15,17,20H,8-13,16H2,1-2H3;2-5H,1H3,(H,7,8). The van der Waals surface area contributed by atoms with Crippen molar-refractivity contribution in [2.75, 3.05) is 27.3 Å². The number of likely N-dealkylation sites (tertiary alicyclic amines) is 1. The summed E-state index contributed by atoms with van der Waals surface area (Å²) in [6, 6.07) is 14.5. The van der Waals surface area contributed by atoms with Crippen molar-refractivity contribution >= 4 is 11.8 Å². The number of piperidine rings is 1. The maximum atomic E-state index is 12.9. The van der Waals surface area contributed by atoms with Gasteiger partial charge >= 0.3 is 5.97 Å². The summed E-state index contributed by atoms with van der Waals surface area (Å²) in [6.45, 7) is 5.09. The van der Waals surface area contributed by atoms with E-state index in [1.807, 2.05) is 19.1 Å². The number of ketones is 1. The van der Waals surface area contributed by atoms with Gasteiger partial charge in [0.25, 0.3) is 0 Å². The summed E-state index contributed by atoms with van der Waals surface area (Å²) in [7, 11) is 3.26. The van der Waals surface area contributed by atoms with E-state index in [-0.39, 0.29) is 11.7 Å². The molecule has 2 aliphatic rings. The molecule has 1 aliphatic carbocycles. The highest BCUT2D eigenvalue weighted by Gasteiger charge is 2.34. The second-order valence-electron chi connectivity index (χ2n) is 9.29. The molecule has 0 saturated carbocycles. The first-order chi connectivity index (χ1) is 17.4. The number of Topliss-reactive ketones (excluding diaryl/α,β-unsaturated/α-hetero) is 1. The highest BCUT2D eigenvalue weighted by Crippen LogP contribution is 2.39. The van der Waals surface area contributed by atoms with Gasteiger partial charge in [-0.1, -0.05) is 48.6 Å². The van der Waals surface area contributed by atoms with E-state index < -0.39 is 5.97 Å². The van der Waals surface area contributed by atoms with E-state index in [0.717, 1.165) is 49.7 Å².